The molecule has 2 fully saturated rings. The van der Waals surface area contributed by atoms with Crippen LogP contribution in [0.15, 0.2) is 42.5 Å². The molecule has 0 saturated carbocycles. The molecule has 2 aliphatic rings. The summed E-state index contributed by atoms with van der Waals surface area (Å²) in [5.74, 6) is 0.612. The van der Waals surface area contributed by atoms with Crippen LogP contribution in [0.25, 0.3) is 0 Å². The molecule has 178 valence electrons. The average Bonchev–Trinajstić information content (AvgIpc) is 2.97. The van der Waals surface area contributed by atoms with Crippen LogP contribution in [-0.4, -0.2) is 54.2 Å². The van der Waals surface area contributed by atoms with E-state index in [9.17, 15) is 10.1 Å². The molecule has 6 nitrogen and oxygen atoms in total. The Bertz CT molecular complexity index is 1130. The summed E-state index contributed by atoms with van der Waals surface area (Å²) in [5.41, 5.74) is 3.39. The molecule has 2 aliphatic heterocycles. The molecule has 2 saturated heterocycles. The lowest BCUT2D eigenvalue weighted by molar-refractivity contribution is -0.120. The summed E-state index contributed by atoms with van der Waals surface area (Å²) in [5, 5.41) is 9.70. The molecule has 0 aliphatic carbocycles. The number of benzene rings is 2. The number of aryl methyl sites for hydroxylation is 1. The predicted octanol–water partition coefficient (Wildman–Crippen LogP) is 4.56. The minimum atomic E-state index is -0.817. The van der Waals surface area contributed by atoms with Crippen LogP contribution in [0.4, 0.5) is 17.1 Å². The van der Waals surface area contributed by atoms with Gasteiger partial charge in [0.25, 0.3) is 5.91 Å². The van der Waals surface area contributed by atoms with Crippen molar-refractivity contribution >= 4 is 40.3 Å². The van der Waals surface area contributed by atoms with Gasteiger partial charge in [0, 0.05) is 44.1 Å². The summed E-state index contributed by atoms with van der Waals surface area (Å²) in [6.07, 6.45) is 0. The van der Waals surface area contributed by atoms with E-state index in [1.54, 1.807) is 17.0 Å². The Kier molecular flexibility index (Phi) is 6.66. The molecule has 0 aromatic heterocycles. The molecule has 0 unspecified atom stereocenters. The Morgan fingerprint density at radius 1 is 1.00 bits per heavy atom. The van der Waals surface area contributed by atoms with E-state index in [0.29, 0.717) is 22.3 Å². The maximum atomic E-state index is 13.4. The molecule has 0 atom stereocenters. The zero-order chi connectivity index (χ0) is 24.6. The zero-order valence-corrected chi connectivity index (χ0v) is 21.5. The number of thiocarbonyl (C=S) groups is 1. The maximum absolute atomic E-state index is 13.4. The third-order valence-corrected chi connectivity index (χ3v) is 7.09. The van der Waals surface area contributed by atoms with E-state index in [-0.39, 0.29) is 5.91 Å². The third kappa shape index (κ3) is 4.40. The molecule has 0 radical (unpaired) electrons. The van der Waals surface area contributed by atoms with Crippen molar-refractivity contribution < 1.29 is 4.79 Å². The van der Waals surface area contributed by atoms with Crippen molar-refractivity contribution in [1.29, 1.82) is 5.26 Å². The van der Waals surface area contributed by atoms with E-state index in [1.807, 2.05) is 31.7 Å². The van der Waals surface area contributed by atoms with Crippen LogP contribution >= 0.6 is 12.2 Å². The summed E-state index contributed by atoms with van der Waals surface area (Å²) in [6.45, 7) is 15.6. The Balaban J connectivity index is 1.54. The van der Waals surface area contributed by atoms with Crippen LogP contribution in [0.5, 0.6) is 0 Å². The van der Waals surface area contributed by atoms with Gasteiger partial charge in [0.1, 0.15) is 5.54 Å². The number of rotatable bonds is 5. The van der Waals surface area contributed by atoms with Gasteiger partial charge >= 0.3 is 0 Å². The number of hydrogen-bond acceptors (Lipinski definition) is 5. The van der Waals surface area contributed by atoms with Gasteiger partial charge in [-0.1, -0.05) is 13.8 Å². The van der Waals surface area contributed by atoms with Crippen LogP contribution in [-0.2, 0) is 4.79 Å². The lowest BCUT2D eigenvalue weighted by Gasteiger charge is -2.37. The minimum Gasteiger partial charge on any atom is -0.369 e. The number of hydrogen-bond donors (Lipinski definition) is 0. The van der Waals surface area contributed by atoms with Crippen molar-refractivity contribution in [2.45, 2.75) is 40.2 Å². The van der Waals surface area contributed by atoms with Crippen molar-refractivity contribution in [2.75, 3.05) is 47.4 Å². The number of anilines is 3. The summed E-state index contributed by atoms with van der Waals surface area (Å²) in [4.78, 5) is 21.9. The smallest absolute Gasteiger partial charge is 0.259 e. The Hall–Kier alpha value is -2.95. The second kappa shape index (κ2) is 9.36. The fourth-order valence-corrected chi connectivity index (χ4v) is 5.41. The highest BCUT2D eigenvalue weighted by molar-refractivity contribution is 7.81. The Morgan fingerprint density at radius 2 is 1.59 bits per heavy atom. The van der Waals surface area contributed by atoms with Gasteiger partial charge in [0.05, 0.1) is 17.3 Å². The van der Waals surface area contributed by atoms with E-state index in [2.05, 4.69) is 54.0 Å². The molecule has 2 aromatic carbocycles. The number of amides is 1. The van der Waals surface area contributed by atoms with Gasteiger partial charge < -0.3 is 9.80 Å². The topological polar surface area (TPSA) is 53.8 Å². The number of piperazine rings is 1. The molecule has 34 heavy (non-hydrogen) atoms. The second-order valence-corrected chi connectivity index (χ2v) is 10.5. The Morgan fingerprint density at radius 3 is 2.15 bits per heavy atom. The molecule has 7 heteroatoms. The number of carbonyl (C=O) groups excluding carboxylic acids is 1. The van der Waals surface area contributed by atoms with E-state index in [4.69, 9.17) is 12.2 Å². The maximum Gasteiger partial charge on any atom is 0.259 e. The largest absolute Gasteiger partial charge is 0.369 e. The van der Waals surface area contributed by atoms with Crippen molar-refractivity contribution in [3.63, 3.8) is 0 Å². The van der Waals surface area contributed by atoms with Crippen molar-refractivity contribution in [3.8, 4) is 6.07 Å². The quantitative estimate of drug-likeness (QED) is 0.591. The molecule has 0 spiro atoms. The van der Waals surface area contributed by atoms with Crippen LogP contribution in [0, 0.1) is 24.2 Å². The molecule has 4 rings (SSSR count). The molecule has 0 N–H and O–H groups in total. The fourth-order valence-electron chi connectivity index (χ4n) is 4.89. The van der Waals surface area contributed by atoms with Crippen molar-refractivity contribution in [3.05, 3.63) is 53.6 Å². The molecule has 0 bridgehead atoms. The molecule has 1 amide bonds. The van der Waals surface area contributed by atoms with E-state index in [1.165, 1.54) is 5.69 Å². The lowest BCUT2D eigenvalue weighted by Crippen LogP contribution is -2.47. The SMILES string of the molecule is Cc1cc(N2C(=O)C(C)(C)N(c3ccc(N4CCN(CC(C)C)CC4)cc3)C2=S)ccc1C#N. The number of nitrogens with zero attached hydrogens (tertiary/aromatic N) is 5. The van der Waals surface area contributed by atoms with Crippen LogP contribution in [0.2, 0.25) is 0 Å². The highest BCUT2D eigenvalue weighted by Gasteiger charge is 2.50. The van der Waals surface area contributed by atoms with Gasteiger partial charge in [-0.3, -0.25) is 14.6 Å². The summed E-state index contributed by atoms with van der Waals surface area (Å²) in [7, 11) is 0. The zero-order valence-electron chi connectivity index (χ0n) is 20.7. The highest BCUT2D eigenvalue weighted by Crippen LogP contribution is 2.37. The van der Waals surface area contributed by atoms with Gasteiger partial charge in [-0.25, -0.2) is 0 Å². The standard InChI is InChI=1S/C27H33N5OS/c1-19(2)18-29-12-14-30(15-13-29)22-8-10-23(11-9-22)32-26(34)31(25(33)27(32,4)5)24-7-6-21(17-28)20(3)16-24/h6-11,16,19H,12-15,18H2,1-5H3. The predicted molar refractivity (Wildman–Crippen MR) is 142 cm³/mol. The summed E-state index contributed by atoms with van der Waals surface area (Å²) < 4.78 is 0. The highest BCUT2D eigenvalue weighted by atomic mass is 32.1. The van der Waals surface area contributed by atoms with Crippen molar-refractivity contribution in [2.24, 2.45) is 5.92 Å². The van der Waals surface area contributed by atoms with Crippen molar-refractivity contribution in [1.82, 2.24) is 4.90 Å². The summed E-state index contributed by atoms with van der Waals surface area (Å²) in [6, 6.07) is 15.9. The van der Waals surface area contributed by atoms with Gasteiger partial charge in [-0.15, -0.1) is 0 Å². The summed E-state index contributed by atoms with van der Waals surface area (Å²) >= 11 is 5.81. The van der Waals surface area contributed by atoms with E-state index in [0.717, 1.165) is 44.0 Å². The monoisotopic (exact) mass is 475 g/mol. The first-order chi connectivity index (χ1) is 16.1. The fraction of sp³-hybridized carbons (Fsp3) is 0.444. The minimum absolute atomic E-state index is 0.0769. The number of carbonyl (C=O) groups is 1. The van der Waals surface area contributed by atoms with E-state index >= 15 is 0 Å². The molecule has 2 heterocycles. The first-order valence-corrected chi connectivity index (χ1v) is 12.3. The van der Waals surface area contributed by atoms with Gasteiger partial charge in [0.15, 0.2) is 5.11 Å². The van der Waals surface area contributed by atoms with Crippen LogP contribution in [0.1, 0.15) is 38.8 Å². The van der Waals surface area contributed by atoms with Gasteiger partial charge in [0.2, 0.25) is 0 Å². The average molecular weight is 476 g/mol. The lowest BCUT2D eigenvalue weighted by atomic mass is 10.0. The van der Waals surface area contributed by atoms with Crippen LogP contribution in [0.3, 0.4) is 0 Å². The molecular formula is C27H33N5OS. The molecular weight excluding hydrogens is 442 g/mol. The molecule has 2 aromatic rings. The normalized spacial score (nSPS) is 18.7. The van der Waals surface area contributed by atoms with Gasteiger partial charge in [-0.2, -0.15) is 5.26 Å². The Labute approximate surface area is 208 Å². The first kappa shape index (κ1) is 24.2. The third-order valence-electron chi connectivity index (χ3n) is 6.73. The number of nitriles is 1. The van der Waals surface area contributed by atoms with E-state index < -0.39 is 5.54 Å². The van der Waals surface area contributed by atoms with Crippen LogP contribution < -0.4 is 14.7 Å². The second-order valence-electron chi connectivity index (χ2n) is 10.1. The van der Waals surface area contributed by atoms with Gasteiger partial charge in [-0.05, 0) is 86.9 Å². The first-order valence-electron chi connectivity index (χ1n) is 11.9.